The third-order valence-electron chi connectivity index (χ3n) is 5.37. The molecule has 3 aliphatic heterocycles. The monoisotopic (exact) mass is 502 g/mol. The van der Waals surface area contributed by atoms with Crippen molar-refractivity contribution < 1.29 is 19.0 Å². The Balaban J connectivity index is 0.00000225. The summed E-state index contributed by atoms with van der Waals surface area (Å²) in [5.74, 6) is 3.25. The van der Waals surface area contributed by atoms with Gasteiger partial charge in [0, 0.05) is 44.6 Å². The van der Waals surface area contributed by atoms with Gasteiger partial charge in [-0.3, -0.25) is 9.79 Å². The fourth-order valence-electron chi connectivity index (χ4n) is 4.06. The summed E-state index contributed by atoms with van der Waals surface area (Å²) in [4.78, 5) is 18.3. The molecule has 0 aliphatic carbocycles. The Morgan fingerprint density at radius 3 is 3.04 bits per heavy atom. The van der Waals surface area contributed by atoms with Crippen LogP contribution in [0.4, 0.5) is 0 Å². The van der Waals surface area contributed by atoms with Gasteiger partial charge in [0.25, 0.3) is 0 Å². The maximum atomic E-state index is 11.7. The number of nitrogens with zero attached hydrogens (tertiary/aromatic N) is 2. The van der Waals surface area contributed by atoms with Crippen LogP contribution >= 0.6 is 24.0 Å². The number of rotatable bonds is 4. The molecule has 2 N–H and O–H groups in total. The van der Waals surface area contributed by atoms with Crippen molar-refractivity contribution in [3.63, 3.8) is 0 Å². The van der Waals surface area contributed by atoms with Gasteiger partial charge in [0.1, 0.15) is 12.4 Å². The maximum absolute atomic E-state index is 11.7. The number of carbonyl (C=O) groups excluding carboxylic acids is 1. The number of guanidine groups is 1. The van der Waals surface area contributed by atoms with Crippen molar-refractivity contribution >= 4 is 35.8 Å². The lowest BCUT2D eigenvalue weighted by molar-refractivity contribution is -0.119. The van der Waals surface area contributed by atoms with E-state index >= 15 is 0 Å². The molecule has 0 saturated carbocycles. The molecule has 28 heavy (non-hydrogen) atoms. The number of carbonyl (C=O) groups is 1. The predicted octanol–water partition coefficient (Wildman–Crippen LogP) is 1.59. The number of aliphatic imine (C=N–C) groups is 1. The minimum absolute atomic E-state index is 0. The molecule has 154 valence electrons. The van der Waals surface area contributed by atoms with Crippen LogP contribution in [-0.2, 0) is 4.79 Å². The van der Waals surface area contributed by atoms with Gasteiger partial charge in [-0.25, -0.2) is 0 Å². The van der Waals surface area contributed by atoms with Gasteiger partial charge in [-0.05, 0) is 25.0 Å². The van der Waals surface area contributed by atoms with Crippen LogP contribution in [0.5, 0.6) is 17.2 Å². The number of hydrogen-bond donors (Lipinski definition) is 2. The summed E-state index contributed by atoms with van der Waals surface area (Å²) in [6, 6.07) is 5.57. The highest BCUT2D eigenvalue weighted by atomic mass is 127. The predicted molar refractivity (Wildman–Crippen MR) is 116 cm³/mol. The first-order chi connectivity index (χ1) is 13.2. The third-order valence-corrected chi connectivity index (χ3v) is 5.37. The topological polar surface area (TPSA) is 84.4 Å². The van der Waals surface area contributed by atoms with Crippen LogP contribution in [0.1, 0.15) is 19.3 Å². The molecular formula is C19H27IN4O4. The van der Waals surface area contributed by atoms with Gasteiger partial charge >= 0.3 is 0 Å². The maximum Gasteiger partial charge on any atom is 0.231 e. The molecule has 2 saturated heterocycles. The molecule has 1 aromatic rings. The molecule has 0 radical (unpaired) electrons. The highest BCUT2D eigenvalue weighted by Gasteiger charge is 2.42. The van der Waals surface area contributed by atoms with E-state index in [2.05, 4.69) is 20.5 Å². The zero-order chi connectivity index (χ0) is 18.7. The molecule has 1 aromatic carbocycles. The normalized spacial score (nSPS) is 23.4. The van der Waals surface area contributed by atoms with E-state index in [1.165, 1.54) is 0 Å². The Kier molecular flexibility index (Phi) is 6.73. The van der Waals surface area contributed by atoms with Gasteiger partial charge in [0.2, 0.25) is 12.7 Å². The standard InChI is InChI=1S/C19H26N4O4.HI/c1-20-18(23-7-2-5-19(12-23)10-17(24)22-11-19)21-6-8-25-14-3-4-15-16(9-14)27-13-26-15;/h3-4,9H,2,5-8,10-13H2,1H3,(H,20,21)(H,22,24);1H. The van der Waals surface area contributed by atoms with E-state index in [1.54, 1.807) is 7.05 Å². The molecule has 9 heteroatoms. The summed E-state index contributed by atoms with van der Waals surface area (Å²) < 4.78 is 16.5. The number of likely N-dealkylation sites (tertiary alicyclic amines) is 1. The summed E-state index contributed by atoms with van der Waals surface area (Å²) >= 11 is 0. The lowest BCUT2D eigenvalue weighted by atomic mass is 9.79. The number of hydrogen-bond acceptors (Lipinski definition) is 5. The number of benzene rings is 1. The van der Waals surface area contributed by atoms with E-state index in [-0.39, 0.29) is 42.1 Å². The van der Waals surface area contributed by atoms with Crippen LogP contribution in [0.2, 0.25) is 0 Å². The quantitative estimate of drug-likeness (QED) is 0.282. The second kappa shape index (κ2) is 9.06. The van der Waals surface area contributed by atoms with E-state index in [9.17, 15) is 4.79 Å². The number of piperidine rings is 1. The molecular weight excluding hydrogens is 475 g/mol. The van der Waals surface area contributed by atoms with Gasteiger partial charge in [0.15, 0.2) is 17.5 Å². The molecule has 1 spiro atoms. The van der Waals surface area contributed by atoms with E-state index in [0.717, 1.165) is 55.7 Å². The minimum Gasteiger partial charge on any atom is -0.492 e. The minimum atomic E-state index is 0. The summed E-state index contributed by atoms with van der Waals surface area (Å²) in [6.45, 7) is 3.99. The second-order valence-corrected chi connectivity index (χ2v) is 7.32. The van der Waals surface area contributed by atoms with Gasteiger partial charge < -0.3 is 29.7 Å². The first-order valence-electron chi connectivity index (χ1n) is 9.42. The van der Waals surface area contributed by atoms with E-state index in [4.69, 9.17) is 14.2 Å². The van der Waals surface area contributed by atoms with Crippen molar-refractivity contribution in [1.29, 1.82) is 0 Å². The molecule has 2 fully saturated rings. The van der Waals surface area contributed by atoms with Crippen molar-refractivity contribution in [2.75, 3.05) is 46.6 Å². The van der Waals surface area contributed by atoms with Crippen LogP contribution in [0.25, 0.3) is 0 Å². The molecule has 3 aliphatic rings. The summed E-state index contributed by atoms with van der Waals surface area (Å²) in [6.07, 6.45) is 2.78. The fourth-order valence-corrected chi connectivity index (χ4v) is 4.06. The largest absolute Gasteiger partial charge is 0.492 e. The van der Waals surface area contributed by atoms with Crippen molar-refractivity contribution in [3.05, 3.63) is 18.2 Å². The number of amides is 1. The number of halogens is 1. The van der Waals surface area contributed by atoms with Gasteiger partial charge in [-0.2, -0.15) is 0 Å². The Morgan fingerprint density at radius 1 is 1.39 bits per heavy atom. The summed E-state index contributed by atoms with van der Waals surface area (Å²) in [5, 5.41) is 6.35. The number of fused-ring (bicyclic) bond motifs is 1. The molecule has 0 aromatic heterocycles. The Labute approximate surface area is 182 Å². The smallest absolute Gasteiger partial charge is 0.231 e. The summed E-state index contributed by atoms with van der Waals surface area (Å²) in [5.41, 5.74) is 0.0515. The first-order valence-corrected chi connectivity index (χ1v) is 9.42. The van der Waals surface area contributed by atoms with Gasteiger partial charge in [-0.1, -0.05) is 0 Å². The Bertz CT molecular complexity index is 745. The molecule has 8 nitrogen and oxygen atoms in total. The lowest BCUT2D eigenvalue weighted by Crippen LogP contribution is -2.51. The fraction of sp³-hybridized carbons (Fsp3) is 0.579. The van der Waals surface area contributed by atoms with Crippen LogP contribution in [-0.4, -0.2) is 63.4 Å². The van der Waals surface area contributed by atoms with Crippen molar-refractivity contribution in [3.8, 4) is 17.2 Å². The van der Waals surface area contributed by atoms with Crippen molar-refractivity contribution in [2.24, 2.45) is 10.4 Å². The highest BCUT2D eigenvalue weighted by Crippen LogP contribution is 2.36. The van der Waals surface area contributed by atoms with Crippen molar-refractivity contribution in [2.45, 2.75) is 19.3 Å². The second-order valence-electron chi connectivity index (χ2n) is 7.32. The SMILES string of the molecule is CN=C(NCCOc1ccc2c(c1)OCO2)N1CCCC2(CNC(=O)C2)C1.I. The molecule has 4 rings (SSSR count). The van der Waals surface area contributed by atoms with Crippen LogP contribution in [0.15, 0.2) is 23.2 Å². The van der Waals surface area contributed by atoms with Crippen LogP contribution in [0.3, 0.4) is 0 Å². The van der Waals surface area contributed by atoms with Crippen LogP contribution in [0, 0.1) is 5.41 Å². The molecule has 0 bridgehead atoms. The molecule has 1 amide bonds. The van der Waals surface area contributed by atoms with Gasteiger partial charge in [-0.15, -0.1) is 24.0 Å². The lowest BCUT2D eigenvalue weighted by Gasteiger charge is -2.40. The van der Waals surface area contributed by atoms with Crippen molar-refractivity contribution in [1.82, 2.24) is 15.5 Å². The Morgan fingerprint density at radius 2 is 2.25 bits per heavy atom. The van der Waals surface area contributed by atoms with E-state index in [1.807, 2.05) is 18.2 Å². The molecule has 1 unspecified atom stereocenters. The molecule has 1 atom stereocenters. The first kappa shape index (κ1) is 20.8. The summed E-state index contributed by atoms with van der Waals surface area (Å²) in [7, 11) is 1.79. The molecule has 3 heterocycles. The zero-order valence-corrected chi connectivity index (χ0v) is 18.4. The highest BCUT2D eigenvalue weighted by molar-refractivity contribution is 14.0. The van der Waals surface area contributed by atoms with Crippen LogP contribution < -0.4 is 24.8 Å². The average Bonchev–Trinajstić information content (AvgIpc) is 3.28. The number of ether oxygens (including phenoxy) is 3. The third kappa shape index (κ3) is 4.56. The zero-order valence-electron chi connectivity index (χ0n) is 16.0. The number of nitrogens with one attached hydrogen (secondary N) is 2. The van der Waals surface area contributed by atoms with E-state index in [0.29, 0.717) is 19.6 Å². The Hall–Kier alpha value is -1.91. The van der Waals surface area contributed by atoms with E-state index < -0.39 is 0 Å². The van der Waals surface area contributed by atoms with Gasteiger partial charge in [0.05, 0.1) is 6.54 Å². The average molecular weight is 502 g/mol.